The molecule has 80 heavy (non-hydrogen) atoms. The first-order valence-corrected chi connectivity index (χ1v) is 24.3. The number of aliphatic carboxylic acids is 2. The third-order valence-electron chi connectivity index (χ3n) is 11.6. The number of nitrogens with two attached hydrogens (primary N) is 1. The first-order valence-electron chi connectivity index (χ1n) is 24.3. The van der Waals surface area contributed by atoms with E-state index in [1.807, 2.05) is 107 Å². The molecule has 1 saturated heterocycles. The minimum absolute atomic E-state index is 0. The molecule has 4 aliphatic rings. The van der Waals surface area contributed by atoms with Crippen LogP contribution in [-0.2, 0) is 55.5 Å². The number of nitrogens with zero attached hydrogens (tertiary/aromatic N) is 2. The second-order valence-electron chi connectivity index (χ2n) is 18.1. The van der Waals surface area contributed by atoms with Gasteiger partial charge in [-0.25, -0.2) is 0 Å². The molecule has 24 nitrogen and oxygen atoms in total. The summed E-state index contributed by atoms with van der Waals surface area (Å²) in [6, 6.07) is 35.8. The third-order valence-corrected chi connectivity index (χ3v) is 11.6. The molecule has 4 aliphatic heterocycles. The van der Waals surface area contributed by atoms with Gasteiger partial charge in [-0.05, 0) is 68.1 Å². The molecular weight excluding hydrogens is 1060 g/mol. The van der Waals surface area contributed by atoms with Gasteiger partial charge in [-0.1, -0.05) is 97.1 Å². The summed E-state index contributed by atoms with van der Waals surface area (Å²) in [5.74, 6) is 0.121. The Morgan fingerprint density at radius 2 is 1.16 bits per heavy atom. The van der Waals surface area contributed by atoms with Crippen molar-refractivity contribution in [2.24, 2.45) is 5.73 Å². The van der Waals surface area contributed by atoms with Crippen molar-refractivity contribution in [1.29, 1.82) is 0 Å². The molecule has 424 valence electrons. The molecule has 0 saturated carbocycles. The average Bonchev–Trinajstić information content (AvgIpc) is 3.96. The van der Waals surface area contributed by atoms with Crippen molar-refractivity contribution >= 4 is 56.0 Å². The van der Waals surface area contributed by atoms with E-state index < -0.39 is 59.9 Å². The summed E-state index contributed by atoms with van der Waals surface area (Å²) in [5.41, 5.74) is 10.9. The predicted octanol–water partition coefficient (Wildman–Crippen LogP) is 1.35. The first-order chi connectivity index (χ1) is 37.1. The Morgan fingerprint density at radius 1 is 0.700 bits per heavy atom. The van der Waals surface area contributed by atoms with E-state index in [0.717, 1.165) is 55.1 Å². The van der Waals surface area contributed by atoms with Crippen LogP contribution in [0.15, 0.2) is 115 Å². The second-order valence-corrected chi connectivity index (χ2v) is 18.1. The Hall–Kier alpha value is -6.30. The zero-order valence-corrected chi connectivity index (χ0v) is 47.8. The van der Waals surface area contributed by atoms with E-state index in [0.29, 0.717) is 66.5 Å². The fraction of sp³-hybridized carbons (Fsp3) is 0.365. The largest absolute Gasteiger partial charge is 1.00 e. The Kier molecular flexibility index (Phi) is 30.3. The van der Waals surface area contributed by atoms with Gasteiger partial charge in [-0.3, -0.25) is 34.6 Å². The number of carbonyl (C=O) groups excluding carboxylic acids is 1. The fourth-order valence-electron chi connectivity index (χ4n) is 7.61. The topological polar surface area (TPSA) is 346 Å². The van der Waals surface area contributed by atoms with E-state index in [-0.39, 0.29) is 61.8 Å². The number of carboxylic acids is 2. The van der Waals surface area contributed by atoms with Crippen LogP contribution in [0.5, 0.6) is 17.2 Å². The Balaban J connectivity index is 0.000000376. The molecule has 0 amide bonds. The van der Waals surface area contributed by atoms with Crippen molar-refractivity contribution in [3.05, 3.63) is 163 Å². The van der Waals surface area contributed by atoms with Gasteiger partial charge in [0, 0.05) is 52.2 Å². The van der Waals surface area contributed by atoms with Gasteiger partial charge in [0.25, 0.3) is 11.9 Å². The monoisotopic (exact) mass is 1120 g/mol. The molecule has 2 atom stereocenters. The van der Waals surface area contributed by atoms with Crippen LogP contribution in [0.25, 0.3) is 0 Å². The van der Waals surface area contributed by atoms with Crippen LogP contribution < -0.4 is 65.9 Å². The van der Waals surface area contributed by atoms with E-state index in [1.54, 1.807) is 36.4 Å². The molecule has 2 unspecified atom stereocenters. The molecule has 0 spiro atoms. The normalized spacial score (nSPS) is 16.1. The fourth-order valence-corrected chi connectivity index (χ4v) is 7.61. The van der Waals surface area contributed by atoms with Crippen molar-refractivity contribution in [2.45, 2.75) is 78.2 Å². The number of carboxylic acid groups (broad SMARTS) is 2. The molecule has 0 radical (unpaired) electrons. The number of rotatable bonds is 15. The summed E-state index contributed by atoms with van der Waals surface area (Å²) in [7, 11) is -1.33. The van der Waals surface area contributed by atoms with Gasteiger partial charge in [0.15, 0.2) is 20.6 Å². The van der Waals surface area contributed by atoms with Crippen LogP contribution in [0.2, 0.25) is 0 Å². The van der Waals surface area contributed by atoms with E-state index in [1.165, 1.54) is 0 Å². The number of hydrogen-bond acceptors (Lipinski definition) is 20. The Morgan fingerprint density at radius 3 is 1.64 bits per heavy atom. The van der Waals surface area contributed by atoms with Crippen LogP contribution >= 0.6 is 0 Å². The van der Waals surface area contributed by atoms with Crippen LogP contribution in [0.1, 0.15) is 86.4 Å². The van der Waals surface area contributed by atoms with Crippen molar-refractivity contribution < 1.29 is 121 Å². The molecule has 4 heterocycles. The van der Waals surface area contributed by atoms with E-state index in [9.17, 15) is 19.9 Å². The van der Waals surface area contributed by atoms with Crippen LogP contribution in [0.3, 0.4) is 0 Å². The Bertz CT molecular complexity index is 2680. The minimum Gasteiger partial charge on any atom is -0.870 e. The van der Waals surface area contributed by atoms with E-state index >= 15 is 0 Å². The van der Waals surface area contributed by atoms with Gasteiger partial charge in [0.1, 0.15) is 36.2 Å². The van der Waals surface area contributed by atoms with Crippen molar-refractivity contribution in [3.63, 3.8) is 0 Å². The maximum atomic E-state index is 11.6. The molecule has 9 rings (SSSR count). The van der Waals surface area contributed by atoms with E-state index in [2.05, 4.69) is 0 Å². The van der Waals surface area contributed by atoms with Crippen LogP contribution in [0.4, 0.5) is 0 Å². The van der Waals surface area contributed by atoms with Gasteiger partial charge < -0.3 is 73.4 Å². The zero-order chi connectivity index (χ0) is 57.4. The molecule has 0 aliphatic carbocycles. The molecule has 5 aromatic rings. The number of carbonyl (C=O) groups is 3. The molecule has 28 heteroatoms. The minimum atomic E-state index is -1.24. The number of benzene rings is 5. The predicted molar refractivity (Wildman–Crippen MR) is 288 cm³/mol. The van der Waals surface area contributed by atoms with Gasteiger partial charge in [0.05, 0.1) is 37.1 Å². The van der Waals surface area contributed by atoms with Gasteiger partial charge in [-0.2, -0.15) is 0 Å². The van der Waals surface area contributed by atoms with Gasteiger partial charge in [0.2, 0.25) is 6.54 Å². The third kappa shape index (κ3) is 22.0. The molecule has 0 bridgehead atoms. The summed E-state index contributed by atoms with van der Waals surface area (Å²) < 4.78 is 56.8. The molecule has 1 fully saturated rings. The van der Waals surface area contributed by atoms with Crippen molar-refractivity contribution in [1.82, 2.24) is 0 Å². The molecule has 5 aromatic carbocycles. The number of aldehydes is 1. The van der Waals surface area contributed by atoms with E-state index in [4.69, 9.17) is 82.6 Å². The first kappa shape index (κ1) is 69.8. The maximum absolute atomic E-state index is 11.6. The summed E-state index contributed by atoms with van der Waals surface area (Å²) in [4.78, 5) is 48.1. The van der Waals surface area contributed by atoms with Gasteiger partial charge in [-0.15, -0.1) is 0 Å². The number of nitro groups is 2. The number of fused-ring (bicyclic) bond motifs is 1. The standard InChI is InChI=1S/C21H25BO5.C16H16BNO6.C10H12BNO3.2C2H4O2.CH3NO2.Na.H2O/c1-20(2)21(3,4)27-22(26-20)19-17(13-23)11-8-12-18(19)25-15-24-14-16-9-6-5-7-10-16;19-17-16-13(15(24-17)9-18(20)21)7-4-8-14(16)23-11-22-10-12-5-2-1-3-6-12;12-6-9-7-2-1-3-8-10(7)11(15-9)14-5-4-13-8;3*1-2(3)4;;/h5-13H,14-15H2,1-4H3;1-8,15,19H,9-11H2;1-3,9H,4-6,12H2;2*1H3,(H,3,4);1H3;;1H2/q;;;;;;+1;/p-1. The van der Waals surface area contributed by atoms with Crippen LogP contribution in [0, 0.1) is 20.2 Å². The maximum Gasteiger partial charge on any atom is 1.00 e. The molecule has 0 aromatic heterocycles. The summed E-state index contributed by atoms with van der Waals surface area (Å²) in [6.07, 6.45) is -0.0524. The molecule has 6 N–H and O–H groups in total. The van der Waals surface area contributed by atoms with Crippen LogP contribution in [-0.4, -0.2) is 128 Å². The smallest absolute Gasteiger partial charge is 0.870 e. The zero-order valence-electron chi connectivity index (χ0n) is 45.8. The van der Waals surface area contributed by atoms with Gasteiger partial charge >= 0.3 is 50.9 Å². The summed E-state index contributed by atoms with van der Waals surface area (Å²) in [6.45, 7) is 12.1. The van der Waals surface area contributed by atoms with Crippen molar-refractivity contribution in [2.75, 3.05) is 46.9 Å². The summed E-state index contributed by atoms with van der Waals surface area (Å²) in [5, 5.41) is 44.3. The number of ether oxygens (including phenoxy) is 5. The average molecular weight is 1120 g/mol. The van der Waals surface area contributed by atoms with Crippen molar-refractivity contribution in [3.8, 4) is 17.2 Å². The second kappa shape index (κ2) is 34.8. The SMILES string of the molecule is CC(=O)O.CC(=O)O.CC1(C)OB(c2c(C=O)cccc2OCOCc2ccccc2)OC1(C)C.C[N+](=O)[O-].NCC1OB2OCCOc3cccc1c32.O=[N+]([O-])CC1OB(O)c2c(OCOCc3ccccc3)cccc21.[Na+].[OH-]. The number of hydrogen-bond donors (Lipinski definition) is 4. The Labute approximate surface area is 486 Å². The molecular formula is C52H65B3N3NaO21. The summed E-state index contributed by atoms with van der Waals surface area (Å²) >= 11 is 0. The quantitative estimate of drug-likeness (QED) is 0.0287.